The minimum atomic E-state index is -0.984. The molecule has 0 rings (SSSR count). The molecule has 90 valence electrons. The molecule has 0 aromatic rings. The number of hydrogen-bond donors (Lipinski definition) is 1. The Hall–Kier alpha value is -1.54. The molecular formula is C11H18N2O3. The van der Waals surface area contributed by atoms with Crippen LogP contribution < -0.4 is 0 Å². The predicted octanol–water partition coefficient (Wildman–Crippen LogP) is -0.125. The molecule has 0 unspecified atom stereocenters. The first-order chi connectivity index (χ1) is 7.54. The minimum absolute atomic E-state index is 0.0537. The van der Waals surface area contributed by atoms with Gasteiger partial charge in [-0.1, -0.05) is 5.92 Å². The standard InChI is InChI=1S/C11H18N2O3/c1-4-7-12(9-11(15)16)8-10(14)13(5-2)6-3/h1H,5-9H2,2-3H3,(H,15,16). The number of aliphatic carboxylic acids is 1. The molecule has 0 aliphatic rings. The van der Waals surface area contributed by atoms with Gasteiger partial charge in [-0.25, -0.2) is 0 Å². The van der Waals surface area contributed by atoms with E-state index in [2.05, 4.69) is 5.92 Å². The molecule has 1 N–H and O–H groups in total. The van der Waals surface area contributed by atoms with Crippen LogP contribution in [-0.4, -0.2) is 59.5 Å². The Kier molecular flexibility index (Phi) is 6.97. The second-order valence-electron chi connectivity index (χ2n) is 3.31. The van der Waals surface area contributed by atoms with Crippen molar-refractivity contribution in [2.75, 3.05) is 32.7 Å². The van der Waals surface area contributed by atoms with Crippen LogP contribution >= 0.6 is 0 Å². The van der Waals surface area contributed by atoms with E-state index < -0.39 is 5.97 Å². The third kappa shape index (κ3) is 5.37. The zero-order valence-electron chi connectivity index (χ0n) is 9.77. The normalized spacial score (nSPS) is 9.88. The van der Waals surface area contributed by atoms with Gasteiger partial charge in [0.1, 0.15) is 0 Å². The zero-order valence-corrected chi connectivity index (χ0v) is 9.77. The third-order valence-corrected chi connectivity index (χ3v) is 2.15. The Labute approximate surface area is 96.0 Å². The molecule has 0 heterocycles. The van der Waals surface area contributed by atoms with Gasteiger partial charge in [-0.3, -0.25) is 14.5 Å². The second kappa shape index (κ2) is 7.71. The monoisotopic (exact) mass is 226 g/mol. The lowest BCUT2D eigenvalue weighted by Gasteiger charge is -2.23. The van der Waals surface area contributed by atoms with E-state index in [1.165, 1.54) is 4.90 Å². The summed E-state index contributed by atoms with van der Waals surface area (Å²) in [4.78, 5) is 25.3. The maximum absolute atomic E-state index is 11.7. The Balaban J connectivity index is 4.33. The van der Waals surface area contributed by atoms with Crippen LogP contribution in [0.3, 0.4) is 0 Å². The quantitative estimate of drug-likeness (QED) is 0.615. The molecule has 5 heteroatoms. The molecule has 1 amide bonds. The first-order valence-electron chi connectivity index (χ1n) is 5.20. The van der Waals surface area contributed by atoms with Crippen molar-refractivity contribution in [1.82, 2.24) is 9.80 Å². The number of carbonyl (C=O) groups is 2. The lowest BCUT2D eigenvalue weighted by molar-refractivity contribution is -0.139. The van der Waals surface area contributed by atoms with Crippen molar-refractivity contribution in [1.29, 1.82) is 0 Å². The highest BCUT2D eigenvalue weighted by Crippen LogP contribution is 1.94. The highest BCUT2D eigenvalue weighted by molar-refractivity contribution is 5.79. The molecule has 0 fully saturated rings. The van der Waals surface area contributed by atoms with E-state index >= 15 is 0 Å². The number of nitrogens with zero attached hydrogens (tertiary/aromatic N) is 2. The molecule has 0 radical (unpaired) electrons. The van der Waals surface area contributed by atoms with Gasteiger partial charge in [-0.05, 0) is 13.8 Å². The van der Waals surface area contributed by atoms with Gasteiger partial charge in [0.05, 0.1) is 19.6 Å². The molecular weight excluding hydrogens is 208 g/mol. The fourth-order valence-corrected chi connectivity index (χ4v) is 1.36. The predicted molar refractivity (Wildman–Crippen MR) is 60.8 cm³/mol. The van der Waals surface area contributed by atoms with E-state index in [-0.39, 0.29) is 25.5 Å². The van der Waals surface area contributed by atoms with Gasteiger partial charge in [0, 0.05) is 13.1 Å². The topological polar surface area (TPSA) is 60.9 Å². The first-order valence-corrected chi connectivity index (χ1v) is 5.20. The Morgan fingerprint density at radius 3 is 2.19 bits per heavy atom. The van der Waals surface area contributed by atoms with E-state index in [9.17, 15) is 9.59 Å². The lowest BCUT2D eigenvalue weighted by atomic mass is 10.4. The van der Waals surface area contributed by atoms with Crippen LogP contribution in [0, 0.1) is 12.3 Å². The van der Waals surface area contributed by atoms with E-state index in [4.69, 9.17) is 11.5 Å². The zero-order chi connectivity index (χ0) is 12.6. The summed E-state index contributed by atoms with van der Waals surface area (Å²) < 4.78 is 0. The van der Waals surface area contributed by atoms with Gasteiger partial charge in [-0.2, -0.15) is 0 Å². The number of terminal acetylenes is 1. The average Bonchev–Trinajstić information content (AvgIpc) is 2.18. The van der Waals surface area contributed by atoms with Crippen LogP contribution in [0.4, 0.5) is 0 Å². The van der Waals surface area contributed by atoms with Gasteiger partial charge in [-0.15, -0.1) is 6.42 Å². The molecule has 0 bridgehead atoms. The van der Waals surface area contributed by atoms with Crippen molar-refractivity contribution in [3.05, 3.63) is 0 Å². The van der Waals surface area contributed by atoms with Crippen molar-refractivity contribution >= 4 is 11.9 Å². The number of amides is 1. The summed E-state index contributed by atoms with van der Waals surface area (Å²) in [6.07, 6.45) is 5.11. The molecule has 16 heavy (non-hydrogen) atoms. The molecule has 0 aromatic heterocycles. The summed E-state index contributed by atoms with van der Waals surface area (Å²) in [5.74, 6) is 1.27. The number of rotatable bonds is 7. The fourth-order valence-electron chi connectivity index (χ4n) is 1.36. The second-order valence-corrected chi connectivity index (χ2v) is 3.31. The maximum Gasteiger partial charge on any atom is 0.317 e. The summed E-state index contributed by atoms with van der Waals surface area (Å²) in [6.45, 7) is 5.00. The average molecular weight is 226 g/mol. The Bertz CT molecular complexity index is 279. The van der Waals surface area contributed by atoms with E-state index in [0.29, 0.717) is 13.1 Å². The number of carboxylic acids is 1. The van der Waals surface area contributed by atoms with Crippen LogP contribution in [0.25, 0.3) is 0 Å². The van der Waals surface area contributed by atoms with Crippen LogP contribution in [0.2, 0.25) is 0 Å². The van der Waals surface area contributed by atoms with E-state index in [1.807, 2.05) is 13.8 Å². The minimum Gasteiger partial charge on any atom is -0.480 e. The Morgan fingerprint density at radius 2 is 1.81 bits per heavy atom. The van der Waals surface area contributed by atoms with Gasteiger partial charge in [0.2, 0.25) is 5.91 Å². The smallest absolute Gasteiger partial charge is 0.317 e. The third-order valence-electron chi connectivity index (χ3n) is 2.15. The van der Waals surface area contributed by atoms with E-state index in [0.717, 1.165) is 0 Å². The first kappa shape index (κ1) is 14.5. The fraction of sp³-hybridized carbons (Fsp3) is 0.636. The molecule has 5 nitrogen and oxygen atoms in total. The van der Waals surface area contributed by atoms with Gasteiger partial charge >= 0.3 is 5.97 Å². The highest BCUT2D eigenvalue weighted by atomic mass is 16.4. The molecule has 0 saturated carbocycles. The SMILES string of the molecule is C#CCN(CC(=O)O)CC(=O)N(CC)CC. The van der Waals surface area contributed by atoms with Crippen molar-refractivity contribution in [2.45, 2.75) is 13.8 Å². The van der Waals surface area contributed by atoms with Crippen LogP contribution in [0.1, 0.15) is 13.8 Å². The van der Waals surface area contributed by atoms with Crippen LogP contribution in [0.15, 0.2) is 0 Å². The van der Waals surface area contributed by atoms with Crippen LogP contribution in [0.5, 0.6) is 0 Å². The summed E-state index contributed by atoms with van der Waals surface area (Å²) in [5, 5.41) is 8.64. The van der Waals surface area contributed by atoms with Crippen molar-refractivity contribution in [2.24, 2.45) is 0 Å². The van der Waals surface area contributed by atoms with E-state index in [1.54, 1.807) is 4.90 Å². The number of carbonyl (C=O) groups excluding carboxylic acids is 1. The summed E-state index contributed by atoms with van der Waals surface area (Å²) in [7, 11) is 0. The van der Waals surface area contributed by atoms with Gasteiger partial charge in [0.25, 0.3) is 0 Å². The molecule has 0 aliphatic heterocycles. The summed E-state index contributed by atoms with van der Waals surface area (Å²) in [5.41, 5.74) is 0. The summed E-state index contributed by atoms with van der Waals surface area (Å²) >= 11 is 0. The number of likely N-dealkylation sites (N-methyl/N-ethyl adjacent to an activating group) is 1. The van der Waals surface area contributed by atoms with Crippen molar-refractivity contribution in [3.63, 3.8) is 0 Å². The van der Waals surface area contributed by atoms with Crippen molar-refractivity contribution in [3.8, 4) is 12.3 Å². The number of carboxylic acid groups (broad SMARTS) is 1. The molecule has 0 aromatic carbocycles. The van der Waals surface area contributed by atoms with Gasteiger partial charge < -0.3 is 10.0 Å². The maximum atomic E-state index is 11.7. The van der Waals surface area contributed by atoms with Crippen molar-refractivity contribution < 1.29 is 14.7 Å². The molecule has 0 aliphatic carbocycles. The molecule has 0 atom stereocenters. The molecule has 0 saturated heterocycles. The summed E-state index contributed by atoms with van der Waals surface area (Å²) in [6, 6.07) is 0. The Morgan fingerprint density at radius 1 is 1.25 bits per heavy atom. The highest BCUT2D eigenvalue weighted by Gasteiger charge is 2.16. The van der Waals surface area contributed by atoms with Gasteiger partial charge in [0.15, 0.2) is 0 Å². The largest absolute Gasteiger partial charge is 0.480 e. The molecule has 0 spiro atoms. The lowest BCUT2D eigenvalue weighted by Crippen LogP contribution is -2.42. The number of hydrogen-bond acceptors (Lipinski definition) is 3. The van der Waals surface area contributed by atoms with Crippen LogP contribution in [-0.2, 0) is 9.59 Å².